The van der Waals surface area contributed by atoms with E-state index in [-0.39, 0.29) is 24.7 Å². The standard InChI is InChI=1S/C18H17ClF3N3O2/c1-25(11-17(27)24-15-8-4-13(19)5-9-15)10-16(26)23-14-6-2-12(3-7-14)18(20,21)22/h2-9H,10-11H2,1H3,(H,23,26)(H,24,27). The minimum Gasteiger partial charge on any atom is -0.325 e. The number of rotatable bonds is 6. The summed E-state index contributed by atoms with van der Waals surface area (Å²) in [7, 11) is 1.58. The van der Waals surface area contributed by atoms with E-state index in [1.165, 1.54) is 17.0 Å². The number of nitrogens with zero attached hydrogens (tertiary/aromatic N) is 1. The lowest BCUT2D eigenvalue weighted by atomic mass is 10.2. The first-order valence-electron chi connectivity index (χ1n) is 7.84. The van der Waals surface area contributed by atoms with Crippen LogP contribution < -0.4 is 10.6 Å². The molecule has 0 aliphatic heterocycles. The Morgan fingerprint density at radius 3 is 1.70 bits per heavy atom. The number of alkyl halides is 3. The fourth-order valence-electron chi connectivity index (χ4n) is 2.22. The molecule has 0 saturated carbocycles. The van der Waals surface area contributed by atoms with Crippen molar-refractivity contribution in [1.29, 1.82) is 0 Å². The molecule has 0 aromatic heterocycles. The smallest absolute Gasteiger partial charge is 0.325 e. The number of likely N-dealkylation sites (N-methyl/N-ethyl adjacent to an activating group) is 1. The number of amides is 2. The van der Waals surface area contributed by atoms with Crippen LogP contribution in [0.5, 0.6) is 0 Å². The third kappa shape index (κ3) is 6.92. The third-order valence-electron chi connectivity index (χ3n) is 3.45. The molecule has 0 atom stereocenters. The molecule has 0 spiro atoms. The zero-order valence-electron chi connectivity index (χ0n) is 14.3. The van der Waals surface area contributed by atoms with E-state index in [0.717, 1.165) is 12.1 Å². The Morgan fingerprint density at radius 1 is 0.889 bits per heavy atom. The van der Waals surface area contributed by atoms with Gasteiger partial charge in [-0.15, -0.1) is 0 Å². The van der Waals surface area contributed by atoms with Crippen LogP contribution in [0.1, 0.15) is 5.56 Å². The average Bonchev–Trinajstić information content (AvgIpc) is 2.56. The van der Waals surface area contributed by atoms with Gasteiger partial charge in [0.2, 0.25) is 11.8 Å². The molecule has 27 heavy (non-hydrogen) atoms. The van der Waals surface area contributed by atoms with Crippen LogP contribution in [0.15, 0.2) is 48.5 Å². The van der Waals surface area contributed by atoms with E-state index in [0.29, 0.717) is 10.7 Å². The number of hydrogen-bond acceptors (Lipinski definition) is 3. The highest BCUT2D eigenvalue weighted by Crippen LogP contribution is 2.29. The van der Waals surface area contributed by atoms with E-state index in [1.54, 1.807) is 31.3 Å². The molecule has 0 saturated heterocycles. The van der Waals surface area contributed by atoms with Gasteiger partial charge in [0.25, 0.3) is 0 Å². The normalized spacial score (nSPS) is 11.3. The highest BCUT2D eigenvalue weighted by atomic mass is 35.5. The zero-order valence-corrected chi connectivity index (χ0v) is 15.1. The van der Waals surface area contributed by atoms with Crippen molar-refractivity contribution in [2.45, 2.75) is 6.18 Å². The van der Waals surface area contributed by atoms with Gasteiger partial charge in [-0.3, -0.25) is 14.5 Å². The van der Waals surface area contributed by atoms with Crippen molar-refractivity contribution in [3.63, 3.8) is 0 Å². The fraction of sp³-hybridized carbons (Fsp3) is 0.222. The van der Waals surface area contributed by atoms with Crippen molar-refractivity contribution in [2.75, 3.05) is 30.8 Å². The SMILES string of the molecule is CN(CC(=O)Nc1ccc(Cl)cc1)CC(=O)Nc1ccc(C(F)(F)F)cc1. The van der Waals surface area contributed by atoms with Crippen LogP contribution in [-0.2, 0) is 15.8 Å². The topological polar surface area (TPSA) is 61.4 Å². The molecule has 144 valence electrons. The lowest BCUT2D eigenvalue weighted by Crippen LogP contribution is -2.36. The molecule has 5 nitrogen and oxygen atoms in total. The van der Waals surface area contributed by atoms with E-state index in [2.05, 4.69) is 10.6 Å². The van der Waals surface area contributed by atoms with E-state index in [1.807, 2.05) is 0 Å². The molecule has 0 bridgehead atoms. The van der Waals surface area contributed by atoms with Crippen molar-refractivity contribution >= 4 is 34.8 Å². The van der Waals surface area contributed by atoms with Gasteiger partial charge in [-0.1, -0.05) is 11.6 Å². The van der Waals surface area contributed by atoms with Crippen LogP contribution in [0.2, 0.25) is 5.02 Å². The van der Waals surface area contributed by atoms with Gasteiger partial charge < -0.3 is 10.6 Å². The summed E-state index contributed by atoms with van der Waals surface area (Å²) >= 11 is 5.77. The van der Waals surface area contributed by atoms with Gasteiger partial charge in [0.15, 0.2) is 0 Å². The largest absolute Gasteiger partial charge is 0.416 e. The van der Waals surface area contributed by atoms with Crippen molar-refractivity contribution in [3.8, 4) is 0 Å². The van der Waals surface area contributed by atoms with Crippen molar-refractivity contribution in [3.05, 3.63) is 59.1 Å². The molecule has 0 aliphatic carbocycles. The van der Waals surface area contributed by atoms with Crippen LogP contribution in [0.4, 0.5) is 24.5 Å². The van der Waals surface area contributed by atoms with Crippen LogP contribution >= 0.6 is 11.6 Å². The predicted octanol–water partition coefficient (Wildman–Crippen LogP) is 3.87. The second-order valence-electron chi connectivity index (χ2n) is 5.85. The number of carbonyl (C=O) groups is 2. The molecular formula is C18H17ClF3N3O2. The van der Waals surface area contributed by atoms with Gasteiger partial charge in [-0.05, 0) is 55.6 Å². The molecule has 9 heteroatoms. The average molecular weight is 400 g/mol. The lowest BCUT2D eigenvalue weighted by Gasteiger charge is -2.16. The van der Waals surface area contributed by atoms with E-state index in [4.69, 9.17) is 11.6 Å². The van der Waals surface area contributed by atoms with Gasteiger partial charge in [-0.25, -0.2) is 0 Å². The van der Waals surface area contributed by atoms with Crippen LogP contribution in [0, 0.1) is 0 Å². The minimum atomic E-state index is -4.43. The summed E-state index contributed by atoms with van der Waals surface area (Å²) in [6.45, 7) is -0.141. The first kappa shape index (κ1) is 20.7. The van der Waals surface area contributed by atoms with Crippen molar-refractivity contribution < 1.29 is 22.8 Å². The van der Waals surface area contributed by atoms with E-state index in [9.17, 15) is 22.8 Å². The summed E-state index contributed by atoms with van der Waals surface area (Å²) in [6.07, 6.45) is -4.43. The summed E-state index contributed by atoms with van der Waals surface area (Å²) in [5.74, 6) is -0.765. The Bertz CT molecular complexity index is 793. The number of anilines is 2. The highest BCUT2D eigenvalue weighted by Gasteiger charge is 2.30. The first-order valence-corrected chi connectivity index (χ1v) is 8.22. The van der Waals surface area contributed by atoms with Gasteiger partial charge in [0, 0.05) is 16.4 Å². The number of hydrogen-bond donors (Lipinski definition) is 2. The molecular weight excluding hydrogens is 383 g/mol. The third-order valence-corrected chi connectivity index (χ3v) is 3.70. The molecule has 2 aromatic rings. The summed E-state index contributed by atoms with van der Waals surface area (Å²) in [5.41, 5.74) is 0.0236. The summed E-state index contributed by atoms with van der Waals surface area (Å²) in [4.78, 5) is 25.4. The first-order chi connectivity index (χ1) is 12.6. The molecule has 2 rings (SSSR count). The number of benzene rings is 2. The van der Waals surface area contributed by atoms with Crippen LogP contribution in [0.3, 0.4) is 0 Å². The number of nitrogens with one attached hydrogen (secondary N) is 2. The van der Waals surface area contributed by atoms with Gasteiger partial charge >= 0.3 is 6.18 Å². The van der Waals surface area contributed by atoms with E-state index < -0.39 is 17.6 Å². The second kappa shape index (κ2) is 8.88. The maximum absolute atomic E-state index is 12.5. The molecule has 2 N–H and O–H groups in total. The Kier molecular flexibility index (Phi) is 6.81. The van der Waals surface area contributed by atoms with Crippen LogP contribution in [0.25, 0.3) is 0 Å². The molecule has 0 radical (unpaired) electrons. The van der Waals surface area contributed by atoms with Gasteiger partial charge in [-0.2, -0.15) is 13.2 Å². The van der Waals surface area contributed by atoms with Gasteiger partial charge in [0.1, 0.15) is 0 Å². The van der Waals surface area contributed by atoms with Gasteiger partial charge in [0.05, 0.1) is 18.7 Å². The molecule has 2 aromatic carbocycles. The summed E-state index contributed by atoms with van der Waals surface area (Å²) in [5, 5.41) is 5.70. The monoisotopic (exact) mass is 399 g/mol. The molecule has 0 heterocycles. The molecule has 0 fully saturated rings. The number of halogens is 4. The quantitative estimate of drug-likeness (QED) is 0.775. The number of carbonyl (C=O) groups excluding carboxylic acids is 2. The Hall–Kier alpha value is -2.58. The van der Waals surface area contributed by atoms with Crippen molar-refractivity contribution in [1.82, 2.24) is 4.90 Å². The zero-order chi connectivity index (χ0) is 20.0. The highest BCUT2D eigenvalue weighted by molar-refractivity contribution is 6.30. The molecule has 2 amide bonds. The molecule has 0 aliphatic rings. The fourth-order valence-corrected chi connectivity index (χ4v) is 2.35. The van der Waals surface area contributed by atoms with E-state index >= 15 is 0 Å². The maximum atomic E-state index is 12.5. The second-order valence-corrected chi connectivity index (χ2v) is 6.29. The van der Waals surface area contributed by atoms with Crippen LogP contribution in [-0.4, -0.2) is 36.9 Å². The lowest BCUT2D eigenvalue weighted by molar-refractivity contribution is -0.137. The van der Waals surface area contributed by atoms with Crippen molar-refractivity contribution in [2.24, 2.45) is 0 Å². The maximum Gasteiger partial charge on any atom is 0.416 e. The Balaban J connectivity index is 1.80. The minimum absolute atomic E-state index is 0.0386. The molecule has 0 unspecified atom stereocenters. The Morgan fingerprint density at radius 2 is 1.30 bits per heavy atom. The predicted molar refractivity (Wildman–Crippen MR) is 97.7 cm³/mol. The Labute approximate surface area is 159 Å². The summed E-state index contributed by atoms with van der Waals surface area (Å²) in [6, 6.07) is 10.7. The summed E-state index contributed by atoms with van der Waals surface area (Å²) < 4.78 is 37.5.